The molecule has 0 aromatic heterocycles. The summed E-state index contributed by atoms with van der Waals surface area (Å²) in [5.41, 5.74) is 2.11. The van der Waals surface area contributed by atoms with E-state index in [-0.39, 0.29) is 0 Å². The van der Waals surface area contributed by atoms with Crippen molar-refractivity contribution in [2.45, 2.75) is 58.0 Å². The highest BCUT2D eigenvalue weighted by molar-refractivity contribution is 5.23. The van der Waals surface area contributed by atoms with Gasteiger partial charge in [-0.05, 0) is 31.2 Å². The number of aryl methyl sites for hydroxylation is 1. The summed E-state index contributed by atoms with van der Waals surface area (Å²) >= 11 is 0. The van der Waals surface area contributed by atoms with E-state index in [0.717, 1.165) is 25.2 Å². The third kappa shape index (κ3) is 3.32. The van der Waals surface area contributed by atoms with Gasteiger partial charge in [-0.2, -0.15) is 0 Å². The molecule has 1 heteroatoms. The van der Waals surface area contributed by atoms with Crippen molar-refractivity contribution in [3.05, 3.63) is 35.4 Å². The van der Waals surface area contributed by atoms with Gasteiger partial charge >= 0.3 is 0 Å². The molecule has 1 aliphatic rings. The molecule has 2 rings (SSSR count). The van der Waals surface area contributed by atoms with Crippen molar-refractivity contribution in [3.63, 3.8) is 0 Å². The number of aliphatic hydroxyl groups is 1. The van der Waals surface area contributed by atoms with Gasteiger partial charge in [0.15, 0.2) is 0 Å². The Hall–Kier alpha value is -0.820. The molecule has 1 N–H and O–H groups in total. The van der Waals surface area contributed by atoms with Crippen LogP contribution in [0.3, 0.4) is 0 Å². The van der Waals surface area contributed by atoms with E-state index in [9.17, 15) is 5.11 Å². The first kappa shape index (κ1) is 12.6. The Labute approximate surface area is 105 Å². The maximum Gasteiger partial charge on any atom is 0.0690 e. The van der Waals surface area contributed by atoms with Crippen LogP contribution in [-0.2, 0) is 6.42 Å². The third-order valence-corrected chi connectivity index (χ3v) is 4.15. The highest BCUT2D eigenvalue weighted by Crippen LogP contribution is 2.36. The number of hydrogen-bond donors (Lipinski definition) is 1. The van der Waals surface area contributed by atoms with E-state index in [0.29, 0.717) is 0 Å². The molecule has 94 valence electrons. The number of benzene rings is 1. The first-order valence-corrected chi connectivity index (χ1v) is 6.89. The normalized spacial score (nSPS) is 29.2. The van der Waals surface area contributed by atoms with Gasteiger partial charge in [0, 0.05) is 6.42 Å². The molecule has 1 nitrogen and oxygen atoms in total. The summed E-state index contributed by atoms with van der Waals surface area (Å²) in [6.07, 6.45) is 6.46. The lowest BCUT2D eigenvalue weighted by molar-refractivity contribution is -0.0161. The van der Waals surface area contributed by atoms with Gasteiger partial charge in [0.25, 0.3) is 0 Å². The van der Waals surface area contributed by atoms with E-state index in [4.69, 9.17) is 0 Å². The van der Waals surface area contributed by atoms with Crippen molar-refractivity contribution in [2.75, 3.05) is 0 Å². The lowest BCUT2D eigenvalue weighted by Gasteiger charge is -2.36. The van der Waals surface area contributed by atoms with Crippen molar-refractivity contribution < 1.29 is 5.11 Å². The molecule has 0 amide bonds. The minimum absolute atomic E-state index is 0.450. The molecule has 0 bridgehead atoms. The van der Waals surface area contributed by atoms with Gasteiger partial charge in [-0.15, -0.1) is 0 Å². The zero-order valence-corrected chi connectivity index (χ0v) is 11.1. The van der Waals surface area contributed by atoms with Crippen LogP contribution < -0.4 is 0 Å². The average Bonchev–Trinajstić information content (AvgIpc) is 2.32. The third-order valence-electron chi connectivity index (χ3n) is 4.15. The van der Waals surface area contributed by atoms with Crippen LogP contribution in [0.15, 0.2) is 24.3 Å². The molecule has 1 aromatic rings. The maximum atomic E-state index is 10.7. The summed E-state index contributed by atoms with van der Waals surface area (Å²) in [5.74, 6) is 0.721. The Morgan fingerprint density at radius 3 is 2.65 bits per heavy atom. The Morgan fingerprint density at radius 1 is 1.29 bits per heavy atom. The van der Waals surface area contributed by atoms with Gasteiger partial charge in [0.2, 0.25) is 0 Å². The van der Waals surface area contributed by atoms with Crippen LogP contribution in [0.1, 0.15) is 50.2 Å². The van der Waals surface area contributed by atoms with Crippen LogP contribution in [0, 0.1) is 12.8 Å². The Bertz CT molecular complexity index is 354. The van der Waals surface area contributed by atoms with Crippen LogP contribution in [-0.4, -0.2) is 10.7 Å². The zero-order chi connectivity index (χ0) is 12.3. The lowest BCUT2D eigenvalue weighted by Crippen LogP contribution is -2.37. The molecule has 1 aliphatic carbocycles. The van der Waals surface area contributed by atoms with E-state index in [2.05, 4.69) is 38.1 Å². The first-order chi connectivity index (χ1) is 8.11. The Morgan fingerprint density at radius 2 is 2.00 bits per heavy atom. The molecule has 1 aromatic carbocycles. The molecule has 1 saturated carbocycles. The quantitative estimate of drug-likeness (QED) is 0.838. The minimum atomic E-state index is -0.450. The number of rotatable bonds is 3. The van der Waals surface area contributed by atoms with Crippen LogP contribution in [0.25, 0.3) is 0 Å². The van der Waals surface area contributed by atoms with Crippen LogP contribution in [0.2, 0.25) is 0 Å². The van der Waals surface area contributed by atoms with Crippen molar-refractivity contribution in [1.82, 2.24) is 0 Å². The molecular formula is C16H24O. The van der Waals surface area contributed by atoms with Gasteiger partial charge < -0.3 is 5.11 Å². The standard InChI is InChI=1S/C16H24O/c1-3-14-5-4-10-16(17,11-14)12-15-8-6-13(2)7-9-15/h6-9,14,17H,3-5,10-12H2,1-2H3. The van der Waals surface area contributed by atoms with Crippen LogP contribution >= 0.6 is 0 Å². The molecule has 1 fully saturated rings. The second kappa shape index (κ2) is 5.22. The largest absolute Gasteiger partial charge is 0.390 e. The van der Waals surface area contributed by atoms with Gasteiger partial charge in [-0.1, -0.05) is 56.0 Å². The van der Waals surface area contributed by atoms with Crippen LogP contribution in [0.5, 0.6) is 0 Å². The second-order valence-corrected chi connectivity index (χ2v) is 5.76. The van der Waals surface area contributed by atoms with Gasteiger partial charge in [0.1, 0.15) is 0 Å². The summed E-state index contributed by atoms with van der Waals surface area (Å²) in [6.45, 7) is 4.34. The summed E-state index contributed by atoms with van der Waals surface area (Å²) < 4.78 is 0. The highest BCUT2D eigenvalue weighted by atomic mass is 16.3. The molecule has 17 heavy (non-hydrogen) atoms. The molecule has 0 saturated heterocycles. The Balaban J connectivity index is 2.03. The maximum absolute atomic E-state index is 10.7. The summed E-state index contributed by atoms with van der Waals surface area (Å²) in [7, 11) is 0. The van der Waals surface area contributed by atoms with Crippen LogP contribution in [0.4, 0.5) is 0 Å². The van der Waals surface area contributed by atoms with E-state index in [1.165, 1.54) is 30.4 Å². The predicted octanol–water partition coefficient (Wildman–Crippen LogP) is 3.87. The van der Waals surface area contributed by atoms with E-state index in [1.54, 1.807) is 0 Å². The molecule has 0 aliphatic heterocycles. The SMILES string of the molecule is CCC1CCCC(O)(Cc2ccc(C)cc2)C1. The lowest BCUT2D eigenvalue weighted by atomic mass is 9.74. The summed E-state index contributed by atoms with van der Waals surface area (Å²) in [4.78, 5) is 0. The molecule has 0 spiro atoms. The molecule has 2 unspecified atom stereocenters. The molecule has 0 heterocycles. The fraction of sp³-hybridized carbons (Fsp3) is 0.625. The fourth-order valence-electron chi connectivity index (χ4n) is 3.06. The van der Waals surface area contributed by atoms with Gasteiger partial charge in [0.05, 0.1) is 5.60 Å². The molecule has 0 radical (unpaired) electrons. The van der Waals surface area contributed by atoms with E-state index < -0.39 is 5.60 Å². The monoisotopic (exact) mass is 232 g/mol. The zero-order valence-electron chi connectivity index (χ0n) is 11.1. The molecular weight excluding hydrogens is 208 g/mol. The predicted molar refractivity (Wildman–Crippen MR) is 72.1 cm³/mol. The van der Waals surface area contributed by atoms with Crippen molar-refractivity contribution in [3.8, 4) is 0 Å². The fourth-order valence-corrected chi connectivity index (χ4v) is 3.06. The van der Waals surface area contributed by atoms with Gasteiger partial charge in [-0.25, -0.2) is 0 Å². The van der Waals surface area contributed by atoms with E-state index in [1.807, 2.05) is 0 Å². The van der Waals surface area contributed by atoms with Gasteiger partial charge in [-0.3, -0.25) is 0 Å². The minimum Gasteiger partial charge on any atom is -0.390 e. The summed E-state index contributed by atoms with van der Waals surface area (Å²) in [6, 6.07) is 8.59. The number of hydrogen-bond acceptors (Lipinski definition) is 1. The van der Waals surface area contributed by atoms with Crippen molar-refractivity contribution in [2.24, 2.45) is 5.92 Å². The topological polar surface area (TPSA) is 20.2 Å². The van der Waals surface area contributed by atoms with Crippen molar-refractivity contribution in [1.29, 1.82) is 0 Å². The van der Waals surface area contributed by atoms with Crippen molar-refractivity contribution >= 4 is 0 Å². The molecule has 2 atom stereocenters. The highest BCUT2D eigenvalue weighted by Gasteiger charge is 2.33. The second-order valence-electron chi connectivity index (χ2n) is 5.76. The first-order valence-electron chi connectivity index (χ1n) is 6.89. The van der Waals surface area contributed by atoms with E-state index >= 15 is 0 Å². The smallest absolute Gasteiger partial charge is 0.0690 e. The Kier molecular flexibility index (Phi) is 3.88. The summed E-state index contributed by atoms with van der Waals surface area (Å²) in [5, 5.41) is 10.7. The average molecular weight is 232 g/mol.